The lowest BCUT2D eigenvalue weighted by atomic mass is 10.1. The van der Waals surface area contributed by atoms with Crippen molar-refractivity contribution in [2.24, 2.45) is 0 Å². The van der Waals surface area contributed by atoms with E-state index in [0.29, 0.717) is 40.1 Å². The number of aryl methyl sites for hydroxylation is 1. The molecule has 0 aliphatic heterocycles. The van der Waals surface area contributed by atoms with Gasteiger partial charge in [0.25, 0.3) is 11.5 Å². The predicted octanol–water partition coefficient (Wildman–Crippen LogP) is 3.96. The maximum atomic E-state index is 13.1. The van der Waals surface area contributed by atoms with Gasteiger partial charge in [0, 0.05) is 24.5 Å². The van der Waals surface area contributed by atoms with E-state index in [1.807, 2.05) is 30.3 Å². The average molecular weight is 426 g/mol. The minimum Gasteiger partial charge on any atom is -0.326 e. The number of benzene rings is 2. The molecule has 0 atom stereocenters. The van der Waals surface area contributed by atoms with E-state index in [4.69, 9.17) is 0 Å². The van der Waals surface area contributed by atoms with Gasteiger partial charge >= 0.3 is 0 Å². The zero-order chi connectivity index (χ0) is 22.7. The number of fused-ring (bicyclic) bond motifs is 1. The normalized spacial score (nSPS) is 10.7. The lowest BCUT2D eigenvalue weighted by Gasteiger charge is -2.11. The Morgan fingerprint density at radius 2 is 1.59 bits per heavy atom. The molecule has 0 fully saturated rings. The molecule has 2 aromatic heterocycles. The van der Waals surface area contributed by atoms with E-state index in [2.05, 4.69) is 15.6 Å². The zero-order valence-electron chi connectivity index (χ0n) is 17.8. The van der Waals surface area contributed by atoms with E-state index in [0.717, 1.165) is 5.56 Å². The van der Waals surface area contributed by atoms with E-state index in [1.54, 1.807) is 54.1 Å². The molecule has 0 saturated heterocycles. The Kier molecular flexibility index (Phi) is 5.81. The Balaban J connectivity index is 1.62. The van der Waals surface area contributed by atoms with Crippen LogP contribution in [0.1, 0.15) is 28.5 Å². The third kappa shape index (κ3) is 4.57. The molecule has 0 spiro atoms. The van der Waals surface area contributed by atoms with Crippen molar-refractivity contribution >= 4 is 34.1 Å². The highest BCUT2D eigenvalue weighted by Gasteiger charge is 2.15. The van der Waals surface area contributed by atoms with Crippen molar-refractivity contribution < 1.29 is 9.59 Å². The van der Waals surface area contributed by atoms with Crippen molar-refractivity contribution in [2.45, 2.75) is 20.4 Å². The summed E-state index contributed by atoms with van der Waals surface area (Å²) in [7, 11) is 0. The summed E-state index contributed by atoms with van der Waals surface area (Å²) < 4.78 is 1.61. The molecule has 0 unspecified atom stereocenters. The highest BCUT2D eigenvalue weighted by Crippen LogP contribution is 2.18. The molecular formula is C25H22N4O3. The molecule has 160 valence electrons. The summed E-state index contributed by atoms with van der Waals surface area (Å²) in [6, 6.07) is 19.9. The average Bonchev–Trinajstić information content (AvgIpc) is 2.77. The molecule has 7 nitrogen and oxygen atoms in total. The minimum atomic E-state index is -0.359. The second kappa shape index (κ2) is 8.85. The highest BCUT2D eigenvalue weighted by atomic mass is 16.2. The second-order valence-corrected chi connectivity index (χ2v) is 7.50. The molecule has 4 rings (SSSR count). The largest absolute Gasteiger partial charge is 0.326 e. The number of nitrogens with zero attached hydrogens (tertiary/aromatic N) is 2. The molecule has 32 heavy (non-hydrogen) atoms. The maximum Gasteiger partial charge on any atom is 0.260 e. The van der Waals surface area contributed by atoms with Gasteiger partial charge in [-0.05, 0) is 48.9 Å². The van der Waals surface area contributed by atoms with E-state index in [-0.39, 0.29) is 17.4 Å². The molecule has 0 radical (unpaired) electrons. The molecule has 2 aromatic carbocycles. The van der Waals surface area contributed by atoms with Gasteiger partial charge in [0.2, 0.25) is 5.91 Å². The molecule has 0 saturated carbocycles. The molecule has 2 heterocycles. The highest BCUT2D eigenvalue weighted by molar-refractivity contribution is 6.06. The summed E-state index contributed by atoms with van der Waals surface area (Å²) in [5.74, 6) is -0.528. The van der Waals surface area contributed by atoms with Crippen LogP contribution in [0.5, 0.6) is 0 Å². The molecule has 2 N–H and O–H groups in total. The Labute approximate surface area is 184 Å². The van der Waals surface area contributed by atoms with E-state index < -0.39 is 0 Å². The van der Waals surface area contributed by atoms with Gasteiger partial charge in [-0.25, -0.2) is 0 Å². The zero-order valence-corrected chi connectivity index (χ0v) is 17.8. The first-order valence-corrected chi connectivity index (χ1v) is 10.1. The fourth-order valence-electron chi connectivity index (χ4n) is 3.48. The molecule has 4 aromatic rings. The van der Waals surface area contributed by atoms with Crippen molar-refractivity contribution in [3.8, 4) is 0 Å². The van der Waals surface area contributed by atoms with Crippen LogP contribution in [0.4, 0.5) is 11.4 Å². The summed E-state index contributed by atoms with van der Waals surface area (Å²) in [6.45, 7) is 3.61. The lowest BCUT2D eigenvalue weighted by molar-refractivity contribution is -0.114. The van der Waals surface area contributed by atoms with Crippen LogP contribution in [0.3, 0.4) is 0 Å². The number of carbonyl (C=O) groups excluding carboxylic acids is 2. The monoisotopic (exact) mass is 426 g/mol. The number of carbonyl (C=O) groups is 2. The van der Waals surface area contributed by atoms with Crippen molar-refractivity contribution in [3.05, 3.63) is 100 Å². The standard InChI is InChI=1S/C25H22N4O3/c1-16-21(24(31)28-20-10-8-19(9-11-20)27-17(2)30)14-22-23(26-16)12-13-29(25(22)32)15-18-6-4-3-5-7-18/h3-14H,15H2,1-2H3,(H,27,30)(H,28,31). The summed E-state index contributed by atoms with van der Waals surface area (Å²) >= 11 is 0. The molecule has 0 aliphatic rings. The van der Waals surface area contributed by atoms with Gasteiger partial charge in [0.05, 0.1) is 28.7 Å². The van der Waals surface area contributed by atoms with Crippen LogP contribution in [0.25, 0.3) is 10.9 Å². The number of anilines is 2. The summed E-state index contributed by atoms with van der Waals surface area (Å²) in [5, 5.41) is 5.88. The van der Waals surface area contributed by atoms with Gasteiger partial charge < -0.3 is 15.2 Å². The van der Waals surface area contributed by atoms with Crippen LogP contribution in [-0.4, -0.2) is 21.4 Å². The summed E-state index contributed by atoms with van der Waals surface area (Å²) in [5.41, 5.74) is 3.43. The molecular weight excluding hydrogens is 404 g/mol. The van der Waals surface area contributed by atoms with Crippen LogP contribution >= 0.6 is 0 Å². The fraction of sp³-hybridized carbons (Fsp3) is 0.120. The first-order valence-electron chi connectivity index (χ1n) is 10.1. The third-order valence-electron chi connectivity index (χ3n) is 5.05. The van der Waals surface area contributed by atoms with Crippen LogP contribution < -0.4 is 16.2 Å². The van der Waals surface area contributed by atoms with Gasteiger partial charge in [-0.15, -0.1) is 0 Å². The summed E-state index contributed by atoms with van der Waals surface area (Å²) in [4.78, 5) is 41.6. The van der Waals surface area contributed by atoms with Crippen molar-refractivity contribution in [1.82, 2.24) is 9.55 Å². The minimum absolute atomic E-state index is 0.169. The molecule has 0 bridgehead atoms. The van der Waals surface area contributed by atoms with Crippen molar-refractivity contribution in [2.75, 3.05) is 10.6 Å². The smallest absolute Gasteiger partial charge is 0.260 e. The SMILES string of the molecule is CC(=O)Nc1ccc(NC(=O)c2cc3c(=O)n(Cc4ccccc4)ccc3nc2C)cc1. The van der Waals surface area contributed by atoms with Gasteiger partial charge in [0.1, 0.15) is 0 Å². The van der Waals surface area contributed by atoms with Gasteiger partial charge in [-0.2, -0.15) is 0 Å². The summed E-state index contributed by atoms with van der Waals surface area (Å²) in [6.07, 6.45) is 1.72. The van der Waals surface area contributed by atoms with E-state index in [9.17, 15) is 14.4 Å². The predicted molar refractivity (Wildman–Crippen MR) is 125 cm³/mol. The first kappa shape index (κ1) is 21.0. The van der Waals surface area contributed by atoms with Crippen molar-refractivity contribution in [1.29, 1.82) is 0 Å². The van der Waals surface area contributed by atoms with Crippen molar-refractivity contribution in [3.63, 3.8) is 0 Å². The number of rotatable bonds is 5. The van der Waals surface area contributed by atoms with Gasteiger partial charge in [0.15, 0.2) is 0 Å². The Hall–Kier alpha value is -4.26. The van der Waals surface area contributed by atoms with Crippen LogP contribution in [-0.2, 0) is 11.3 Å². The number of aromatic nitrogens is 2. The second-order valence-electron chi connectivity index (χ2n) is 7.50. The topological polar surface area (TPSA) is 93.1 Å². The van der Waals surface area contributed by atoms with Crippen LogP contribution in [0.15, 0.2) is 77.7 Å². The van der Waals surface area contributed by atoms with E-state index in [1.165, 1.54) is 6.92 Å². The van der Waals surface area contributed by atoms with Crippen LogP contribution in [0, 0.1) is 6.92 Å². The molecule has 7 heteroatoms. The Bertz CT molecular complexity index is 1360. The number of hydrogen-bond donors (Lipinski definition) is 2. The Morgan fingerprint density at radius 3 is 2.25 bits per heavy atom. The van der Waals surface area contributed by atoms with E-state index >= 15 is 0 Å². The molecule has 0 aliphatic carbocycles. The number of pyridine rings is 2. The third-order valence-corrected chi connectivity index (χ3v) is 5.05. The van der Waals surface area contributed by atoms with Crippen LogP contribution in [0.2, 0.25) is 0 Å². The van der Waals surface area contributed by atoms with Gasteiger partial charge in [-0.1, -0.05) is 30.3 Å². The lowest BCUT2D eigenvalue weighted by Crippen LogP contribution is -2.22. The Morgan fingerprint density at radius 1 is 0.938 bits per heavy atom. The number of amides is 2. The molecule has 2 amide bonds. The van der Waals surface area contributed by atoms with Gasteiger partial charge in [-0.3, -0.25) is 19.4 Å². The number of nitrogens with one attached hydrogen (secondary N) is 2. The quantitative estimate of drug-likeness (QED) is 0.505. The first-order chi connectivity index (χ1) is 15.4. The maximum absolute atomic E-state index is 13.1. The number of hydrogen-bond acceptors (Lipinski definition) is 4. The fourth-order valence-corrected chi connectivity index (χ4v) is 3.48.